The molecular formula is C12H10BrN5OS. The van der Waals surface area contributed by atoms with Gasteiger partial charge in [-0.2, -0.15) is 4.98 Å². The molecule has 0 fully saturated rings. The quantitative estimate of drug-likeness (QED) is 0.617. The highest BCUT2D eigenvalue weighted by atomic mass is 79.9. The number of aromatic nitrogens is 4. The Bertz CT molecular complexity index is 893. The molecule has 102 valence electrons. The fourth-order valence-corrected chi connectivity index (χ4v) is 2.45. The van der Waals surface area contributed by atoms with Crippen molar-refractivity contribution in [3.63, 3.8) is 0 Å². The molecular weight excluding hydrogens is 342 g/mol. The number of benzene rings is 1. The number of imidazole rings is 1. The van der Waals surface area contributed by atoms with Crippen molar-refractivity contribution in [2.45, 2.75) is 6.54 Å². The number of H-pyrrole nitrogens is 2. The first-order chi connectivity index (χ1) is 9.54. The molecule has 0 spiro atoms. The molecule has 20 heavy (non-hydrogen) atoms. The minimum atomic E-state index is -0.267. The standard InChI is InChI=1S/C12H10BrN5OS/c13-7-3-1-6(2-4-7)5-18-10-8(15-12(18)19)9(14)16-11(20)17-10/h1-4H,5H2,(H,15,19)(H3,14,16,17,20). The van der Waals surface area contributed by atoms with E-state index < -0.39 is 0 Å². The number of nitrogen functional groups attached to an aromatic ring is 1. The van der Waals surface area contributed by atoms with Crippen LogP contribution in [0.3, 0.4) is 0 Å². The monoisotopic (exact) mass is 351 g/mol. The van der Waals surface area contributed by atoms with E-state index in [9.17, 15) is 4.79 Å². The van der Waals surface area contributed by atoms with Gasteiger partial charge in [0.15, 0.2) is 10.4 Å². The highest BCUT2D eigenvalue weighted by Gasteiger charge is 2.11. The Morgan fingerprint density at radius 2 is 2.00 bits per heavy atom. The number of nitrogens with zero attached hydrogens (tertiary/aromatic N) is 2. The number of fused-ring (bicyclic) bond motifs is 1. The normalized spacial score (nSPS) is 11.1. The third kappa shape index (κ3) is 2.27. The Morgan fingerprint density at radius 3 is 2.70 bits per heavy atom. The zero-order valence-corrected chi connectivity index (χ0v) is 12.6. The number of halogens is 1. The SMILES string of the molecule is Nc1[nH]c(=S)nc2c1[nH]c(=O)n2Cc1ccc(Br)cc1. The van der Waals surface area contributed by atoms with Crippen molar-refractivity contribution >= 4 is 45.1 Å². The lowest BCUT2D eigenvalue weighted by Gasteiger charge is -2.03. The molecule has 1 aromatic carbocycles. The second-order valence-corrected chi connectivity index (χ2v) is 5.60. The summed E-state index contributed by atoms with van der Waals surface area (Å²) >= 11 is 8.37. The van der Waals surface area contributed by atoms with Crippen LogP contribution in [0.15, 0.2) is 33.5 Å². The van der Waals surface area contributed by atoms with Crippen molar-refractivity contribution in [2.24, 2.45) is 0 Å². The lowest BCUT2D eigenvalue weighted by molar-refractivity contribution is 0.776. The summed E-state index contributed by atoms with van der Waals surface area (Å²) in [4.78, 5) is 21.6. The van der Waals surface area contributed by atoms with Crippen LogP contribution < -0.4 is 11.4 Å². The van der Waals surface area contributed by atoms with Gasteiger partial charge in [-0.25, -0.2) is 4.79 Å². The highest BCUT2D eigenvalue weighted by Crippen LogP contribution is 2.15. The second kappa shape index (κ2) is 4.88. The Morgan fingerprint density at radius 1 is 1.30 bits per heavy atom. The summed E-state index contributed by atoms with van der Waals surface area (Å²) in [6.07, 6.45) is 0. The number of hydrogen-bond acceptors (Lipinski definition) is 4. The van der Waals surface area contributed by atoms with Gasteiger partial charge in [0.1, 0.15) is 11.3 Å². The van der Waals surface area contributed by atoms with Crippen molar-refractivity contribution in [1.29, 1.82) is 0 Å². The van der Waals surface area contributed by atoms with E-state index in [1.165, 1.54) is 4.57 Å². The smallest absolute Gasteiger partial charge is 0.328 e. The zero-order chi connectivity index (χ0) is 14.3. The Labute approximate surface area is 126 Å². The average molecular weight is 352 g/mol. The van der Waals surface area contributed by atoms with E-state index in [2.05, 4.69) is 30.9 Å². The van der Waals surface area contributed by atoms with E-state index in [1.54, 1.807) is 0 Å². The summed E-state index contributed by atoms with van der Waals surface area (Å²) < 4.78 is 2.74. The number of hydrogen-bond donors (Lipinski definition) is 3. The summed E-state index contributed by atoms with van der Waals surface area (Å²) in [7, 11) is 0. The molecule has 4 N–H and O–H groups in total. The van der Waals surface area contributed by atoms with Crippen molar-refractivity contribution in [3.8, 4) is 0 Å². The molecule has 3 rings (SSSR count). The molecule has 6 nitrogen and oxygen atoms in total. The van der Waals surface area contributed by atoms with Gasteiger partial charge in [0.2, 0.25) is 0 Å². The first-order valence-electron chi connectivity index (χ1n) is 5.77. The minimum Gasteiger partial charge on any atom is -0.383 e. The van der Waals surface area contributed by atoms with E-state index in [0.717, 1.165) is 10.0 Å². The highest BCUT2D eigenvalue weighted by molar-refractivity contribution is 9.10. The molecule has 0 atom stereocenters. The van der Waals surface area contributed by atoms with Crippen molar-refractivity contribution < 1.29 is 0 Å². The van der Waals surface area contributed by atoms with E-state index in [4.69, 9.17) is 18.0 Å². The molecule has 0 saturated carbocycles. The molecule has 0 aliphatic rings. The van der Waals surface area contributed by atoms with Gasteiger partial charge in [-0.05, 0) is 29.9 Å². The maximum atomic E-state index is 12.0. The Balaban J connectivity index is 2.16. The van der Waals surface area contributed by atoms with Gasteiger partial charge < -0.3 is 15.7 Å². The van der Waals surface area contributed by atoms with Crippen LogP contribution in [0.1, 0.15) is 5.56 Å². The number of anilines is 1. The number of nitrogens with one attached hydrogen (secondary N) is 2. The zero-order valence-electron chi connectivity index (χ0n) is 10.2. The fraction of sp³-hybridized carbons (Fsp3) is 0.0833. The molecule has 0 unspecified atom stereocenters. The summed E-state index contributed by atoms with van der Waals surface area (Å²) in [6.45, 7) is 0.400. The molecule has 2 aromatic heterocycles. The van der Waals surface area contributed by atoms with Crippen LogP contribution in [-0.4, -0.2) is 19.5 Å². The Hall–Kier alpha value is -1.93. The van der Waals surface area contributed by atoms with Crippen LogP contribution >= 0.6 is 28.1 Å². The molecule has 2 heterocycles. The largest absolute Gasteiger partial charge is 0.383 e. The summed E-state index contributed by atoms with van der Waals surface area (Å²) in [6, 6.07) is 7.71. The molecule has 0 saturated heterocycles. The Kier molecular flexibility index (Phi) is 3.19. The van der Waals surface area contributed by atoms with Crippen molar-refractivity contribution in [2.75, 3.05) is 5.73 Å². The molecule has 0 aliphatic heterocycles. The number of aromatic amines is 2. The maximum Gasteiger partial charge on any atom is 0.328 e. The van der Waals surface area contributed by atoms with Gasteiger partial charge in [-0.15, -0.1) is 0 Å². The van der Waals surface area contributed by atoms with Crippen LogP contribution in [0.4, 0.5) is 5.82 Å². The van der Waals surface area contributed by atoms with E-state index in [1.807, 2.05) is 24.3 Å². The molecule has 8 heteroatoms. The van der Waals surface area contributed by atoms with E-state index in [-0.39, 0.29) is 10.5 Å². The van der Waals surface area contributed by atoms with Crippen molar-refractivity contribution in [1.82, 2.24) is 19.5 Å². The summed E-state index contributed by atoms with van der Waals surface area (Å²) in [5.41, 5.74) is 7.45. The van der Waals surface area contributed by atoms with Gasteiger partial charge in [-0.3, -0.25) is 4.57 Å². The van der Waals surface area contributed by atoms with Crippen LogP contribution in [0.2, 0.25) is 0 Å². The minimum absolute atomic E-state index is 0.249. The third-order valence-electron chi connectivity index (χ3n) is 2.93. The summed E-state index contributed by atoms with van der Waals surface area (Å²) in [5.74, 6) is 0.312. The lowest BCUT2D eigenvalue weighted by atomic mass is 10.2. The van der Waals surface area contributed by atoms with Gasteiger partial charge >= 0.3 is 5.69 Å². The maximum absolute atomic E-state index is 12.0. The van der Waals surface area contributed by atoms with Gasteiger partial charge in [0.05, 0.1) is 6.54 Å². The molecule has 0 aliphatic carbocycles. The van der Waals surface area contributed by atoms with Gasteiger partial charge in [-0.1, -0.05) is 28.1 Å². The third-order valence-corrected chi connectivity index (χ3v) is 3.65. The summed E-state index contributed by atoms with van der Waals surface area (Å²) in [5, 5.41) is 0. The van der Waals surface area contributed by atoms with Gasteiger partial charge in [0, 0.05) is 4.47 Å². The topological polar surface area (TPSA) is 92.5 Å². The van der Waals surface area contributed by atoms with Crippen molar-refractivity contribution in [3.05, 3.63) is 49.6 Å². The first-order valence-corrected chi connectivity index (χ1v) is 6.97. The number of rotatable bonds is 2. The van der Waals surface area contributed by atoms with Crippen LogP contribution in [-0.2, 0) is 6.54 Å². The fourth-order valence-electron chi connectivity index (χ4n) is 1.99. The molecule has 3 aromatic rings. The van der Waals surface area contributed by atoms with E-state index in [0.29, 0.717) is 23.5 Å². The number of nitrogens with two attached hydrogens (primary N) is 1. The average Bonchev–Trinajstić information content (AvgIpc) is 2.70. The lowest BCUT2D eigenvalue weighted by Crippen LogP contribution is -2.17. The van der Waals surface area contributed by atoms with Crippen LogP contribution in [0.5, 0.6) is 0 Å². The van der Waals surface area contributed by atoms with E-state index >= 15 is 0 Å². The predicted octanol–water partition coefficient (Wildman–Crippen LogP) is 2.18. The molecule has 0 amide bonds. The van der Waals surface area contributed by atoms with Crippen LogP contribution in [0, 0.1) is 4.77 Å². The second-order valence-electron chi connectivity index (χ2n) is 4.30. The first kappa shape index (κ1) is 13.1. The molecule has 0 radical (unpaired) electrons. The van der Waals surface area contributed by atoms with Gasteiger partial charge in [0.25, 0.3) is 0 Å². The van der Waals surface area contributed by atoms with Crippen LogP contribution in [0.25, 0.3) is 11.2 Å². The molecule has 0 bridgehead atoms. The predicted molar refractivity (Wildman–Crippen MR) is 83.2 cm³/mol.